The SMILES string of the molecule is Cc1cc(C)c(C2=NOC(c3ccc([N+](=O)[O-])cc3)C2)c(C)c1. The standard InChI is InChI=1S/C18H18N2O3/c1-11-8-12(2)18(13(3)9-11)16-10-17(23-19-16)14-4-6-15(7-5-14)20(21)22/h4-9,17H,10H2,1-3H3. The van der Waals surface area contributed by atoms with Crippen LogP contribution in [-0.2, 0) is 4.84 Å². The number of nitro benzene ring substituents is 1. The molecule has 0 radical (unpaired) electrons. The van der Waals surface area contributed by atoms with Crippen molar-refractivity contribution in [2.45, 2.75) is 33.3 Å². The largest absolute Gasteiger partial charge is 0.387 e. The minimum Gasteiger partial charge on any atom is -0.387 e. The van der Waals surface area contributed by atoms with Crippen LogP contribution in [0.4, 0.5) is 5.69 Å². The van der Waals surface area contributed by atoms with Gasteiger partial charge in [0.15, 0.2) is 6.10 Å². The molecule has 1 aliphatic rings. The van der Waals surface area contributed by atoms with E-state index in [1.807, 2.05) is 0 Å². The fraction of sp³-hybridized carbons (Fsp3) is 0.278. The molecule has 0 amide bonds. The minimum absolute atomic E-state index is 0.0816. The first-order valence-corrected chi connectivity index (χ1v) is 7.51. The zero-order valence-electron chi connectivity index (χ0n) is 13.4. The second-order valence-electron chi connectivity index (χ2n) is 5.96. The maximum atomic E-state index is 10.7. The average Bonchev–Trinajstić information content (AvgIpc) is 2.95. The van der Waals surface area contributed by atoms with Crippen LogP contribution in [0, 0.1) is 30.9 Å². The zero-order chi connectivity index (χ0) is 16.6. The quantitative estimate of drug-likeness (QED) is 0.624. The smallest absolute Gasteiger partial charge is 0.269 e. The van der Waals surface area contributed by atoms with E-state index in [-0.39, 0.29) is 11.8 Å². The highest BCUT2D eigenvalue weighted by Gasteiger charge is 2.26. The Kier molecular flexibility index (Phi) is 3.86. The number of nitro groups is 1. The summed E-state index contributed by atoms with van der Waals surface area (Å²) in [4.78, 5) is 15.9. The number of oxime groups is 1. The van der Waals surface area contributed by atoms with Gasteiger partial charge in [0.1, 0.15) is 0 Å². The number of nitrogens with zero attached hydrogens (tertiary/aromatic N) is 2. The molecular weight excluding hydrogens is 292 g/mol. The molecule has 118 valence electrons. The van der Waals surface area contributed by atoms with Gasteiger partial charge < -0.3 is 4.84 Å². The van der Waals surface area contributed by atoms with Crippen molar-refractivity contribution in [2.24, 2.45) is 5.16 Å². The molecule has 0 bridgehead atoms. The molecule has 0 aromatic heterocycles. The van der Waals surface area contributed by atoms with Crippen LogP contribution in [-0.4, -0.2) is 10.6 Å². The van der Waals surface area contributed by atoms with Crippen molar-refractivity contribution < 1.29 is 9.76 Å². The van der Waals surface area contributed by atoms with Crippen molar-refractivity contribution in [3.8, 4) is 0 Å². The third-order valence-corrected chi connectivity index (χ3v) is 4.11. The van der Waals surface area contributed by atoms with Gasteiger partial charge >= 0.3 is 0 Å². The molecule has 5 nitrogen and oxygen atoms in total. The third kappa shape index (κ3) is 2.95. The maximum absolute atomic E-state index is 10.7. The summed E-state index contributed by atoms with van der Waals surface area (Å²) in [6.07, 6.45) is 0.480. The van der Waals surface area contributed by atoms with E-state index in [9.17, 15) is 10.1 Å². The topological polar surface area (TPSA) is 64.7 Å². The molecule has 0 N–H and O–H groups in total. The van der Waals surface area contributed by atoms with Crippen molar-refractivity contribution >= 4 is 11.4 Å². The Hall–Kier alpha value is -2.69. The Morgan fingerprint density at radius 2 is 1.74 bits per heavy atom. The fourth-order valence-corrected chi connectivity index (χ4v) is 3.15. The second kappa shape index (κ2) is 5.83. The van der Waals surface area contributed by atoms with E-state index in [4.69, 9.17) is 4.84 Å². The highest BCUT2D eigenvalue weighted by Crippen LogP contribution is 2.32. The van der Waals surface area contributed by atoms with Gasteiger partial charge in [-0.25, -0.2) is 0 Å². The molecule has 1 atom stereocenters. The summed E-state index contributed by atoms with van der Waals surface area (Å²) in [5.74, 6) is 0. The van der Waals surface area contributed by atoms with Gasteiger partial charge in [0.2, 0.25) is 0 Å². The third-order valence-electron chi connectivity index (χ3n) is 4.11. The first kappa shape index (κ1) is 15.2. The lowest BCUT2D eigenvalue weighted by atomic mass is 9.92. The number of rotatable bonds is 3. The summed E-state index contributed by atoms with van der Waals surface area (Å²) in [6, 6.07) is 10.7. The molecule has 3 rings (SSSR count). The highest BCUT2D eigenvalue weighted by molar-refractivity contribution is 6.03. The Bertz CT molecular complexity index is 771. The molecule has 1 aliphatic heterocycles. The van der Waals surface area contributed by atoms with Gasteiger partial charge in [-0.15, -0.1) is 0 Å². The molecule has 0 saturated heterocycles. The van der Waals surface area contributed by atoms with E-state index >= 15 is 0 Å². The van der Waals surface area contributed by atoms with Crippen LogP contribution in [0.1, 0.15) is 40.3 Å². The van der Waals surface area contributed by atoms with Gasteiger partial charge in [-0.3, -0.25) is 10.1 Å². The number of hydrogen-bond donors (Lipinski definition) is 0. The van der Waals surface area contributed by atoms with E-state index in [1.54, 1.807) is 12.1 Å². The maximum Gasteiger partial charge on any atom is 0.269 e. The van der Waals surface area contributed by atoms with Crippen LogP contribution >= 0.6 is 0 Å². The summed E-state index contributed by atoms with van der Waals surface area (Å²) in [5.41, 5.74) is 6.66. The molecule has 2 aromatic carbocycles. The Labute approximate surface area is 134 Å². The van der Waals surface area contributed by atoms with Crippen LogP contribution < -0.4 is 0 Å². The van der Waals surface area contributed by atoms with E-state index in [0.29, 0.717) is 6.42 Å². The van der Waals surface area contributed by atoms with E-state index in [0.717, 1.165) is 16.8 Å². The molecular formula is C18H18N2O3. The van der Waals surface area contributed by atoms with Crippen LogP contribution in [0.3, 0.4) is 0 Å². The lowest BCUT2D eigenvalue weighted by Gasteiger charge is -2.11. The van der Waals surface area contributed by atoms with Gasteiger partial charge in [-0.05, 0) is 49.6 Å². The predicted octanol–water partition coefficient (Wildman–Crippen LogP) is 4.39. The number of hydrogen-bond acceptors (Lipinski definition) is 4. The normalized spacial score (nSPS) is 16.8. The summed E-state index contributed by atoms with van der Waals surface area (Å²) < 4.78 is 0. The van der Waals surface area contributed by atoms with Crippen LogP contribution in [0.25, 0.3) is 0 Å². The summed E-state index contributed by atoms with van der Waals surface area (Å²) in [7, 11) is 0. The first-order chi connectivity index (χ1) is 11.0. The summed E-state index contributed by atoms with van der Waals surface area (Å²) >= 11 is 0. The highest BCUT2D eigenvalue weighted by atomic mass is 16.6. The second-order valence-corrected chi connectivity index (χ2v) is 5.96. The summed E-state index contributed by atoms with van der Waals surface area (Å²) in [5, 5.41) is 15.0. The number of benzene rings is 2. The first-order valence-electron chi connectivity index (χ1n) is 7.51. The fourth-order valence-electron chi connectivity index (χ4n) is 3.15. The molecule has 5 heteroatoms. The molecule has 1 unspecified atom stereocenters. The molecule has 0 aliphatic carbocycles. The van der Waals surface area contributed by atoms with Crippen molar-refractivity contribution in [3.63, 3.8) is 0 Å². The lowest BCUT2D eigenvalue weighted by Crippen LogP contribution is -2.06. The van der Waals surface area contributed by atoms with Gasteiger partial charge in [-0.1, -0.05) is 22.9 Å². The van der Waals surface area contributed by atoms with Gasteiger partial charge in [-0.2, -0.15) is 0 Å². The minimum atomic E-state index is -0.403. The van der Waals surface area contributed by atoms with Crippen LogP contribution in [0.2, 0.25) is 0 Å². The van der Waals surface area contributed by atoms with Crippen molar-refractivity contribution in [1.82, 2.24) is 0 Å². The number of aryl methyl sites for hydroxylation is 3. The van der Waals surface area contributed by atoms with Crippen molar-refractivity contribution in [3.05, 3.63) is 74.3 Å². The Morgan fingerprint density at radius 1 is 1.13 bits per heavy atom. The molecule has 0 saturated carbocycles. The monoisotopic (exact) mass is 310 g/mol. The molecule has 0 spiro atoms. The van der Waals surface area contributed by atoms with E-state index in [2.05, 4.69) is 38.1 Å². The summed E-state index contributed by atoms with van der Waals surface area (Å²) in [6.45, 7) is 6.24. The molecule has 2 aromatic rings. The Morgan fingerprint density at radius 3 is 2.30 bits per heavy atom. The number of non-ortho nitro benzene ring substituents is 1. The predicted molar refractivity (Wildman–Crippen MR) is 88.7 cm³/mol. The van der Waals surface area contributed by atoms with Crippen molar-refractivity contribution in [2.75, 3.05) is 0 Å². The molecule has 23 heavy (non-hydrogen) atoms. The van der Waals surface area contributed by atoms with Gasteiger partial charge in [0.25, 0.3) is 5.69 Å². The van der Waals surface area contributed by atoms with Crippen LogP contribution in [0.5, 0.6) is 0 Å². The van der Waals surface area contributed by atoms with E-state index in [1.165, 1.54) is 28.8 Å². The van der Waals surface area contributed by atoms with Gasteiger partial charge in [0, 0.05) is 24.1 Å². The molecule has 1 heterocycles. The average molecular weight is 310 g/mol. The zero-order valence-corrected chi connectivity index (χ0v) is 13.4. The van der Waals surface area contributed by atoms with Gasteiger partial charge in [0.05, 0.1) is 10.6 Å². The van der Waals surface area contributed by atoms with Crippen LogP contribution in [0.15, 0.2) is 41.6 Å². The Balaban J connectivity index is 1.82. The van der Waals surface area contributed by atoms with E-state index < -0.39 is 4.92 Å². The lowest BCUT2D eigenvalue weighted by molar-refractivity contribution is -0.384. The molecule has 0 fully saturated rings. The van der Waals surface area contributed by atoms with Crippen molar-refractivity contribution in [1.29, 1.82) is 0 Å².